The number of rotatable bonds is 0. The van der Waals surface area contributed by atoms with E-state index in [-0.39, 0.29) is 112 Å². The zero-order valence-corrected chi connectivity index (χ0v) is 12.1. The zero-order chi connectivity index (χ0) is 0. The molecule has 0 atom stereocenters. The Labute approximate surface area is 109 Å². The molecular formula is La2S3. The van der Waals surface area contributed by atoms with E-state index in [1.807, 2.05) is 0 Å². The molecule has 0 aliphatic rings. The van der Waals surface area contributed by atoms with E-state index in [0.29, 0.717) is 0 Å². The quantitative estimate of drug-likeness (QED) is 0.560. The zero-order valence-electron chi connectivity index (χ0n) is 2.38. The second-order valence-electron chi connectivity index (χ2n) is 0. The van der Waals surface area contributed by atoms with Gasteiger partial charge in [-0.3, -0.25) is 0 Å². The summed E-state index contributed by atoms with van der Waals surface area (Å²) in [6.07, 6.45) is 0. The Kier molecular flexibility index (Phi) is 206. The Morgan fingerprint density at radius 2 is 0.400 bits per heavy atom. The Hall–Kier alpha value is 3.44. The van der Waals surface area contributed by atoms with Crippen molar-refractivity contribution in [2.45, 2.75) is 0 Å². The molecule has 0 aliphatic heterocycles. The van der Waals surface area contributed by atoms with Crippen LogP contribution in [0.1, 0.15) is 0 Å². The molecule has 0 nitrogen and oxygen atoms in total. The van der Waals surface area contributed by atoms with Crippen molar-refractivity contribution in [3.8, 4) is 0 Å². The summed E-state index contributed by atoms with van der Waals surface area (Å²) in [5.74, 6) is 0. The van der Waals surface area contributed by atoms with Gasteiger partial charge in [0.15, 0.2) is 0 Å². The predicted octanol–water partition coefficient (Wildman–Crippen LogP) is -0.00720. The van der Waals surface area contributed by atoms with Crippen LogP contribution in [0, 0.1) is 71.2 Å². The molecule has 0 spiro atoms. The molecule has 0 aliphatic carbocycles. The first kappa shape index (κ1) is 39.5. The molecule has 0 fully saturated rings. The maximum absolute atomic E-state index is 0. The van der Waals surface area contributed by atoms with Crippen molar-refractivity contribution in [2.75, 3.05) is 0 Å². The predicted molar refractivity (Wildman–Crippen MR) is 22.1 cm³/mol. The van der Waals surface area contributed by atoms with Gasteiger partial charge in [-0.2, -0.15) is 0 Å². The first-order valence-electron chi connectivity index (χ1n) is 0. The molecule has 0 aromatic carbocycles. The summed E-state index contributed by atoms with van der Waals surface area (Å²) in [7, 11) is 0. The topological polar surface area (TPSA) is 0 Å². The van der Waals surface area contributed by atoms with E-state index in [4.69, 9.17) is 0 Å². The van der Waals surface area contributed by atoms with E-state index in [0.717, 1.165) is 0 Å². The molecule has 0 radical (unpaired) electrons. The SMILES string of the molecule is [La+3].[La+3].[S-2].[S-2].[S-2]. The average Bonchev–Trinajstić information content (AvgIpc) is 0. The van der Waals surface area contributed by atoms with Crippen LogP contribution in [0.15, 0.2) is 0 Å². The summed E-state index contributed by atoms with van der Waals surface area (Å²) in [5, 5.41) is 0. The molecule has 0 heterocycles. The van der Waals surface area contributed by atoms with E-state index in [2.05, 4.69) is 0 Å². The van der Waals surface area contributed by atoms with Gasteiger partial charge in [-0.05, 0) is 0 Å². The van der Waals surface area contributed by atoms with Crippen molar-refractivity contribution in [3.63, 3.8) is 0 Å². The molecule has 0 aromatic rings. The molecule has 5 heavy (non-hydrogen) atoms. The van der Waals surface area contributed by atoms with Gasteiger partial charge >= 0.3 is 71.2 Å². The van der Waals surface area contributed by atoms with Gasteiger partial charge in [0, 0.05) is 0 Å². The fourth-order valence-electron chi connectivity index (χ4n) is 0. The molecule has 0 bridgehead atoms. The van der Waals surface area contributed by atoms with Crippen molar-refractivity contribution in [1.29, 1.82) is 0 Å². The van der Waals surface area contributed by atoms with Gasteiger partial charge in [0.05, 0.1) is 0 Å². The minimum atomic E-state index is 0. The van der Waals surface area contributed by atoms with Gasteiger partial charge in [0.1, 0.15) is 0 Å². The van der Waals surface area contributed by atoms with Gasteiger partial charge in [0.25, 0.3) is 0 Å². The van der Waals surface area contributed by atoms with Crippen LogP contribution < -0.4 is 0 Å². The Balaban J connectivity index is 0. The van der Waals surface area contributed by atoms with Gasteiger partial charge in [0.2, 0.25) is 0 Å². The minimum Gasteiger partial charge on any atom is -2.00 e. The van der Waals surface area contributed by atoms with E-state index >= 15 is 0 Å². The third kappa shape index (κ3) is 18.6. The van der Waals surface area contributed by atoms with Gasteiger partial charge in [-0.25, -0.2) is 0 Å². The van der Waals surface area contributed by atoms with E-state index in [1.165, 1.54) is 0 Å². The summed E-state index contributed by atoms with van der Waals surface area (Å²) < 4.78 is 0. The molecule has 0 rings (SSSR count). The first-order chi connectivity index (χ1) is 0. The molecule has 0 unspecified atom stereocenters. The summed E-state index contributed by atoms with van der Waals surface area (Å²) in [6, 6.07) is 0. The van der Waals surface area contributed by atoms with Crippen LogP contribution in [0.2, 0.25) is 0 Å². The average molecular weight is 374 g/mol. The number of hydrogen-bond acceptors (Lipinski definition) is 0. The second kappa shape index (κ2) is 26.1. The number of hydrogen-bond donors (Lipinski definition) is 0. The van der Waals surface area contributed by atoms with Crippen LogP contribution in [0.25, 0.3) is 0 Å². The summed E-state index contributed by atoms with van der Waals surface area (Å²) in [6.45, 7) is 0. The molecule has 24 valence electrons. The fraction of sp³-hybridized carbons (Fsp3) is 0. The fourth-order valence-corrected chi connectivity index (χ4v) is 0. The molecule has 0 aromatic heterocycles. The Morgan fingerprint density at radius 3 is 0.400 bits per heavy atom. The van der Waals surface area contributed by atoms with Crippen molar-refractivity contribution >= 4 is 40.5 Å². The molecule has 0 saturated carbocycles. The molecule has 0 N–H and O–H groups in total. The molecular weight excluding hydrogens is 374 g/mol. The van der Waals surface area contributed by atoms with Crippen molar-refractivity contribution in [2.24, 2.45) is 0 Å². The van der Waals surface area contributed by atoms with Crippen molar-refractivity contribution < 1.29 is 71.2 Å². The van der Waals surface area contributed by atoms with Crippen LogP contribution in [0.4, 0.5) is 0 Å². The monoisotopic (exact) mass is 374 g/mol. The van der Waals surface area contributed by atoms with Crippen LogP contribution in [0.3, 0.4) is 0 Å². The van der Waals surface area contributed by atoms with E-state index in [1.54, 1.807) is 0 Å². The second-order valence-corrected chi connectivity index (χ2v) is 0. The van der Waals surface area contributed by atoms with E-state index < -0.39 is 0 Å². The Bertz CT molecular complexity index is 4.85. The maximum atomic E-state index is 0. The van der Waals surface area contributed by atoms with Crippen LogP contribution in [0.5, 0.6) is 0 Å². The summed E-state index contributed by atoms with van der Waals surface area (Å²) in [5.41, 5.74) is 0. The normalized spacial score (nSPS) is 0. The minimum absolute atomic E-state index is 0. The van der Waals surface area contributed by atoms with Crippen molar-refractivity contribution in [3.05, 3.63) is 0 Å². The van der Waals surface area contributed by atoms with Crippen LogP contribution in [-0.4, -0.2) is 0 Å². The third-order valence-corrected chi connectivity index (χ3v) is 0. The molecule has 0 saturated heterocycles. The standard InChI is InChI=1S/2La.3S/q2*+3;3*-2. The largest absolute Gasteiger partial charge is 3.00 e. The summed E-state index contributed by atoms with van der Waals surface area (Å²) in [4.78, 5) is 0. The third-order valence-electron chi connectivity index (χ3n) is 0. The van der Waals surface area contributed by atoms with Gasteiger partial charge in [-0.15, -0.1) is 0 Å². The molecule has 0 amide bonds. The van der Waals surface area contributed by atoms with Crippen LogP contribution >= 0.6 is 0 Å². The van der Waals surface area contributed by atoms with Crippen LogP contribution in [-0.2, 0) is 40.5 Å². The first-order valence-corrected chi connectivity index (χ1v) is 0. The van der Waals surface area contributed by atoms with Crippen molar-refractivity contribution in [1.82, 2.24) is 0 Å². The maximum Gasteiger partial charge on any atom is 3.00 e. The molecule has 5 heteroatoms. The van der Waals surface area contributed by atoms with E-state index in [9.17, 15) is 0 Å². The Morgan fingerprint density at radius 1 is 0.400 bits per heavy atom. The smallest absolute Gasteiger partial charge is 2.00 e. The summed E-state index contributed by atoms with van der Waals surface area (Å²) >= 11 is 0. The van der Waals surface area contributed by atoms with Gasteiger partial charge in [-0.1, -0.05) is 0 Å². The van der Waals surface area contributed by atoms with Gasteiger partial charge < -0.3 is 40.5 Å².